The van der Waals surface area contributed by atoms with Crippen LogP contribution in [0.1, 0.15) is 15.9 Å². The molecule has 0 saturated carbocycles. The van der Waals surface area contributed by atoms with Crippen molar-refractivity contribution in [2.24, 2.45) is 0 Å². The number of aromatic nitrogens is 1. The van der Waals surface area contributed by atoms with Crippen LogP contribution in [0.5, 0.6) is 0 Å². The Hall–Kier alpha value is -3.33. The van der Waals surface area contributed by atoms with E-state index < -0.39 is 6.18 Å². The molecule has 0 atom stereocenters. The van der Waals surface area contributed by atoms with E-state index in [9.17, 15) is 18.0 Å². The highest BCUT2D eigenvalue weighted by molar-refractivity contribution is 6.09. The average Bonchev–Trinajstić information content (AvgIpc) is 2.60. The number of hydrogen-bond donors (Lipinski definition) is 1. The Morgan fingerprint density at radius 3 is 2.52 bits per heavy atom. The molecule has 0 unspecified atom stereocenters. The van der Waals surface area contributed by atoms with Gasteiger partial charge in [0.05, 0.1) is 0 Å². The molecule has 1 heterocycles. The molecule has 0 spiro atoms. The van der Waals surface area contributed by atoms with E-state index in [0.717, 1.165) is 10.8 Å². The fourth-order valence-electron chi connectivity index (χ4n) is 2.27. The Morgan fingerprint density at radius 2 is 1.80 bits per heavy atom. The number of amides is 1. The monoisotopic (exact) mass is 340 g/mol. The Kier molecular flexibility index (Phi) is 4.40. The number of hydrogen-bond acceptors (Lipinski definition) is 2. The number of benzene rings is 2. The van der Waals surface area contributed by atoms with Gasteiger partial charge in [-0.15, -0.1) is 0 Å². The van der Waals surface area contributed by atoms with Gasteiger partial charge in [0, 0.05) is 45.9 Å². The second kappa shape index (κ2) is 6.65. The van der Waals surface area contributed by atoms with Gasteiger partial charge in [0.25, 0.3) is 5.91 Å². The molecule has 3 nitrogen and oxygen atoms in total. The number of pyridine rings is 1. The first kappa shape index (κ1) is 16.5. The van der Waals surface area contributed by atoms with E-state index in [1.165, 1.54) is 30.2 Å². The Bertz CT molecular complexity index is 978. The summed E-state index contributed by atoms with van der Waals surface area (Å²) < 4.78 is 36.2. The maximum absolute atomic E-state index is 12.3. The summed E-state index contributed by atoms with van der Waals surface area (Å²) in [5, 5.41) is 4.53. The Labute approximate surface area is 141 Å². The van der Waals surface area contributed by atoms with Gasteiger partial charge in [-0.1, -0.05) is 18.1 Å². The number of halogens is 3. The van der Waals surface area contributed by atoms with Crippen molar-refractivity contribution in [2.75, 3.05) is 5.32 Å². The first-order chi connectivity index (χ1) is 11.9. The molecule has 0 radical (unpaired) electrons. The van der Waals surface area contributed by atoms with Crippen molar-refractivity contribution in [1.29, 1.82) is 0 Å². The second-order valence-corrected chi connectivity index (χ2v) is 5.18. The van der Waals surface area contributed by atoms with E-state index in [2.05, 4.69) is 10.3 Å². The van der Waals surface area contributed by atoms with Crippen LogP contribution in [0.3, 0.4) is 0 Å². The third-order valence-corrected chi connectivity index (χ3v) is 3.42. The number of carbonyl (C=O) groups excluding carboxylic acids is 1. The lowest BCUT2D eigenvalue weighted by molar-refractivity contribution is -0.0696. The van der Waals surface area contributed by atoms with Crippen molar-refractivity contribution in [1.82, 2.24) is 4.98 Å². The van der Waals surface area contributed by atoms with Gasteiger partial charge in [-0.05, 0) is 36.4 Å². The molecule has 1 amide bonds. The van der Waals surface area contributed by atoms with Crippen molar-refractivity contribution in [3.05, 3.63) is 72.1 Å². The molecule has 0 saturated heterocycles. The maximum atomic E-state index is 12.3. The zero-order valence-corrected chi connectivity index (χ0v) is 12.8. The summed E-state index contributed by atoms with van der Waals surface area (Å²) in [7, 11) is 0. The number of rotatable bonds is 2. The van der Waals surface area contributed by atoms with Crippen LogP contribution in [0, 0.1) is 11.8 Å². The van der Waals surface area contributed by atoms with Crippen molar-refractivity contribution in [3.8, 4) is 11.8 Å². The minimum absolute atomic E-state index is 0.185. The zero-order chi connectivity index (χ0) is 17.9. The van der Waals surface area contributed by atoms with Crippen LogP contribution in [0.15, 0.2) is 60.9 Å². The van der Waals surface area contributed by atoms with E-state index in [0.29, 0.717) is 11.3 Å². The van der Waals surface area contributed by atoms with E-state index in [1.807, 2.05) is 12.0 Å². The fraction of sp³-hybridized carbons (Fsp3) is 0.0526. The summed E-state index contributed by atoms with van der Waals surface area (Å²) in [6.07, 6.45) is -1.22. The largest absolute Gasteiger partial charge is 0.458 e. The third kappa shape index (κ3) is 4.15. The van der Waals surface area contributed by atoms with Crippen LogP contribution in [-0.2, 0) is 0 Å². The highest BCUT2D eigenvalue weighted by Crippen LogP contribution is 2.22. The molecular weight excluding hydrogens is 329 g/mol. The van der Waals surface area contributed by atoms with Crippen LogP contribution < -0.4 is 5.32 Å². The van der Waals surface area contributed by atoms with E-state index >= 15 is 0 Å². The van der Waals surface area contributed by atoms with Crippen LogP contribution in [-0.4, -0.2) is 17.1 Å². The summed E-state index contributed by atoms with van der Waals surface area (Å²) in [4.78, 5) is 16.4. The summed E-state index contributed by atoms with van der Waals surface area (Å²) in [6, 6.07) is 12.9. The maximum Gasteiger partial charge on any atom is 0.458 e. The van der Waals surface area contributed by atoms with E-state index in [4.69, 9.17) is 0 Å². The predicted molar refractivity (Wildman–Crippen MR) is 89.1 cm³/mol. The highest BCUT2D eigenvalue weighted by atomic mass is 19.4. The molecule has 0 aliphatic heterocycles. The minimum atomic E-state index is -4.54. The predicted octanol–water partition coefficient (Wildman–Crippen LogP) is 4.40. The van der Waals surface area contributed by atoms with Crippen molar-refractivity contribution in [3.63, 3.8) is 0 Å². The van der Waals surface area contributed by atoms with Gasteiger partial charge < -0.3 is 5.32 Å². The smallest absolute Gasteiger partial charge is 0.321 e. The topological polar surface area (TPSA) is 42.0 Å². The fourth-order valence-corrected chi connectivity index (χ4v) is 2.27. The van der Waals surface area contributed by atoms with Gasteiger partial charge in [-0.3, -0.25) is 9.78 Å². The minimum Gasteiger partial charge on any atom is -0.321 e. The highest BCUT2D eigenvalue weighted by Gasteiger charge is 2.22. The van der Waals surface area contributed by atoms with Crippen LogP contribution >= 0.6 is 0 Å². The molecule has 2 aromatic carbocycles. The molecule has 1 N–H and O–H groups in total. The quantitative estimate of drug-likeness (QED) is 0.703. The number of nitrogens with one attached hydrogen (secondary N) is 1. The van der Waals surface area contributed by atoms with Gasteiger partial charge >= 0.3 is 6.18 Å². The van der Waals surface area contributed by atoms with Crippen LogP contribution in [0.2, 0.25) is 0 Å². The normalized spacial score (nSPS) is 10.8. The first-order valence-electron chi connectivity index (χ1n) is 7.26. The lowest BCUT2D eigenvalue weighted by Crippen LogP contribution is -2.12. The molecule has 3 rings (SSSR count). The van der Waals surface area contributed by atoms with Gasteiger partial charge in [0.15, 0.2) is 0 Å². The SMILES string of the molecule is O=C(Nc1cccc2cnccc12)c1ccc(C#CC(F)(F)F)cc1. The number of anilines is 1. The summed E-state index contributed by atoms with van der Waals surface area (Å²) in [5.74, 6) is 2.84. The summed E-state index contributed by atoms with van der Waals surface area (Å²) >= 11 is 0. The lowest BCUT2D eigenvalue weighted by Gasteiger charge is -2.08. The molecule has 0 aliphatic rings. The number of alkyl halides is 3. The Morgan fingerprint density at radius 1 is 1.04 bits per heavy atom. The summed E-state index contributed by atoms with van der Waals surface area (Å²) in [5.41, 5.74) is 1.14. The van der Waals surface area contributed by atoms with Crippen molar-refractivity contribution >= 4 is 22.4 Å². The zero-order valence-electron chi connectivity index (χ0n) is 12.8. The second-order valence-electron chi connectivity index (χ2n) is 5.18. The van der Waals surface area contributed by atoms with Crippen LogP contribution in [0.4, 0.5) is 18.9 Å². The molecule has 0 aliphatic carbocycles. The van der Waals surface area contributed by atoms with Gasteiger partial charge in [0.1, 0.15) is 0 Å². The van der Waals surface area contributed by atoms with Crippen molar-refractivity contribution in [2.45, 2.75) is 6.18 Å². The molecule has 0 bridgehead atoms. The standard InChI is InChI=1S/C19H11F3N2O/c20-19(21,22)10-8-13-4-6-14(7-5-13)18(25)24-17-3-1-2-15-12-23-11-9-16(15)17/h1-7,9,11-12H,(H,24,25). The number of carbonyl (C=O) groups is 1. The van der Waals surface area contributed by atoms with Crippen molar-refractivity contribution < 1.29 is 18.0 Å². The van der Waals surface area contributed by atoms with E-state index in [-0.39, 0.29) is 11.5 Å². The molecule has 25 heavy (non-hydrogen) atoms. The van der Waals surface area contributed by atoms with Gasteiger partial charge in [0.2, 0.25) is 0 Å². The number of fused-ring (bicyclic) bond motifs is 1. The molecule has 124 valence electrons. The Balaban J connectivity index is 1.80. The van der Waals surface area contributed by atoms with Gasteiger partial charge in [-0.2, -0.15) is 13.2 Å². The van der Waals surface area contributed by atoms with Gasteiger partial charge in [-0.25, -0.2) is 0 Å². The summed E-state index contributed by atoms with van der Waals surface area (Å²) in [6.45, 7) is 0. The van der Waals surface area contributed by atoms with Crippen LogP contribution in [0.25, 0.3) is 10.8 Å². The van der Waals surface area contributed by atoms with E-state index in [1.54, 1.807) is 30.6 Å². The molecule has 0 fully saturated rings. The average molecular weight is 340 g/mol. The third-order valence-electron chi connectivity index (χ3n) is 3.42. The molecule has 1 aromatic heterocycles. The molecule has 6 heteroatoms. The lowest BCUT2D eigenvalue weighted by atomic mass is 10.1. The first-order valence-corrected chi connectivity index (χ1v) is 7.26. The molecular formula is C19H11F3N2O. The number of nitrogens with zero attached hydrogens (tertiary/aromatic N) is 1. The molecule has 3 aromatic rings.